The molecule has 5 aliphatic rings. The van der Waals surface area contributed by atoms with Crippen molar-refractivity contribution in [3.8, 4) is 0 Å². The molecule has 6 rings (SSSR count). The van der Waals surface area contributed by atoms with Crippen LogP contribution >= 0.6 is 0 Å². The fourth-order valence-electron chi connectivity index (χ4n) is 7.62. The standard InChI is InChI=1S/C29H40F3N7O3/c1-35-13-14-37(17-24(35)29(30,31)32)25(40)18-38-19-39(22-5-3-2-4-6-22)28(27(38)42)9-11-36(12-10-28)26(41)20-7-8-23-21(15-20)16-33-34-23/h2-6,20-21,23-24,33-34H,7-19H2,1H3. The number of hydrogen-bond donors (Lipinski definition) is 2. The van der Waals surface area contributed by atoms with Gasteiger partial charge in [-0.1, -0.05) is 18.2 Å². The Balaban J connectivity index is 1.15. The summed E-state index contributed by atoms with van der Waals surface area (Å²) in [5, 5.41) is 0. The minimum atomic E-state index is -4.44. The van der Waals surface area contributed by atoms with Crippen molar-refractivity contribution in [2.75, 3.05) is 64.4 Å². The zero-order valence-corrected chi connectivity index (χ0v) is 24.0. The van der Waals surface area contributed by atoms with Gasteiger partial charge in [0.25, 0.3) is 5.91 Å². The first-order chi connectivity index (χ1) is 20.1. The van der Waals surface area contributed by atoms with Crippen LogP contribution in [0, 0.1) is 11.8 Å². The van der Waals surface area contributed by atoms with E-state index < -0.39 is 30.2 Å². The topological polar surface area (TPSA) is 91.5 Å². The van der Waals surface area contributed by atoms with Crippen molar-refractivity contribution in [2.24, 2.45) is 11.8 Å². The third kappa shape index (κ3) is 5.35. The highest BCUT2D eigenvalue weighted by Crippen LogP contribution is 2.41. The van der Waals surface area contributed by atoms with Gasteiger partial charge in [0.15, 0.2) is 0 Å². The number of benzene rings is 1. The molecule has 1 aromatic carbocycles. The number of halogens is 3. The predicted octanol–water partition coefficient (Wildman–Crippen LogP) is 1.25. The van der Waals surface area contributed by atoms with Crippen molar-refractivity contribution in [2.45, 2.75) is 55.9 Å². The summed E-state index contributed by atoms with van der Waals surface area (Å²) < 4.78 is 40.7. The number of rotatable bonds is 4. The first-order valence-electron chi connectivity index (χ1n) is 15.0. The lowest BCUT2D eigenvalue weighted by atomic mass is 9.77. The third-order valence-electron chi connectivity index (χ3n) is 10.2. The molecule has 1 aromatic rings. The highest BCUT2D eigenvalue weighted by atomic mass is 19.4. The highest BCUT2D eigenvalue weighted by Gasteiger charge is 2.55. The molecular formula is C29H40F3N7O3. The molecule has 1 spiro atoms. The summed E-state index contributed by atoms with van der Waals surface area (Å²) in [6, 6.07) is 8.23. The second-order valence-corrected chi connectivity index (χ2v) is 12.5. The smallest absolute Gasteiger partial charge is 0.342 e. The number of carbonyl (C=O) groups is 3. The highest BCUT2D eigenvalue weighted by molar-refractivity contribution is 5.96. The molecule has 10 nitrogen and oxygen atoms in total. The summed E-state index contributed by atoms with van der Waals surface area (Å²) in [6.07, 6.45) is -0.902. The molecule has 2 N–H and O–H groups in total. The number of amides is 3. The van der Waals surface area contributed by atoms with Crippen molar-refractivity contribution in [1.29, 1.82) is 0 Å². The third-order valence-corrected chi connectivity index (χ3v) is 10.2. The van der Waals surface area contributed by atoms with E-state index in [2.05, 4.69) is 10.9 Å². The number of hydrogen-bond acceptors (Lipinski definition) is 7. The second-order valence-electron chi connectivity index (χ2n) is 12.5. The maximum Gasteiger partial charge on any atom is 0.405 e. The second kappa shape index (κ2) is 11.3. The normalized spacial score (nSPS) is 30.2. The van der Waals surface area contributed by atoms with Crippen molar-refractivity contribution in [3.63, 3.8) is 0 Å². The van der Waals surface area contributed by atoms with Gasteiger partial charge in [-0.25, -0.2) is 0 Å². The van der Waals surface area contributed by atoms with Crippen LogP contribution in [-0.4, -0.2) is 121 Å². The molecule has 4 unspecified atom stereocenters. The van der Waals surface area contributed by atoms with Gasteiger partial charge >= 0.3 is 6.18 Å². The van der Waals surface area contributed by atoms with Crippen LogP contribution < -0.4 is 15.8 Å². The summed E-state index contributed by atoms with van der Waals surface area (Å²) in [4.78, 5) is 48.7. The summed E-state index contributed by atoms with van der Waals surface area (Å²) in [7, 11) is 1.41. The Morgan fingerprint density at radius 3 is 2.48 bits per heavy atom. The molecule has 230 valence electrons. The summed E-state index contributed by atoms with van der Waals surface area (Å²) in [5.74, 6) is -0.0728. The van der Waals surface area contributed by atoms with Crippen LogP contribution in [-0.2, 0) is 14.4 Å². The van der Waals surface area contributed by atoms with Gasteiger partial charge in [-0.05, 0) is 57.2 Å². The lowest BCUT2D eigenvalue weighted by Crippen LogP contribution is -2.60. The number of alkyl halides is 3. The SMILES string of the molecule is CN1CCN(C(=O)CN2CN(c3ccccc3)C3(CCN(C(=O)C4CCC5NNCC5C4)CC3)C2=O)CC1C(F)(F)F. The van der Waals surface area contributed by atoms with Gasteiger partial charge in [-0.15, -0.1) is 0 Å². The molecule has 4 aliphatic heterocycles. The van der Waals surface area contributed by atoms with Crippen LogP contribution in [0.1, 0.15) is 32.1 Å². The minimum Gasteiger partial charge on any atom is -0.342 e. The number of nitrogens with zero attached hydrogens (tertiary/aromatic N) is 5. The molecule has 4 saturated heterocycles. The lowest BCUT2D eigenvalue weighted by molar-refractivity contribution is -0.194. The van der Waals surface area contributed by atoms with E-state index >= 15 is 0 Å². The van der Waals surface area contributed by atoms with Crippen molar-refractivity contribution in [3.05, 3.63) is 30.3 Å². The van der Waals surface area contributed by atoms with Gasteiger partial charge in [0.2, 0.25) is 11.8 Å². The van der Waals surface area contributed by atoms with E-state index in [1.807, 2.05) is 40.1 Å². The summed E-state index contributed by atoms with van der Waals surface area (Å²) >= 11 is 0. The fourth-order valence-corrected chi connectivity index (χ4v) is 7.62. The van der Waals surface area contributed by atoms with E-state index in [0.717, 1.165) is 31.5 Å². The van der Waals surface area contributed by atoms with Gasteiger partial charge in [-0.2, -0.15) is 13.2 Å². The van der Waals surface area contributed by atoms with E-state index in [0.29, 0.717) is 37.9 Å². The minimum absolute atomic E-state index is 0.00950. The number of anilines is 1. The van der Waals surface area contributed by atoms with E-state index in [9.17, 15) is 27.6 Å². The molecule has 5 fully saturated rings. The number of carbonyl (C=O) groups excluding carboxylic acids is 3. The number of piperazine rings is 1. The molecule has 42 heavy (non-hydrogen) atoms. The Bertz CT molecular complexity index is 1180. The molecular weight excluding hydrogens is 551 g/mol. The molecule has 4 atom stereocenters. The number of piperidine rings is 1. The first kappa shape index (κ1) is 29.2. The monoisotopic (exact) mass is 591 g/mol. The van der Waals surface area contributed by atoms with E-state index in [4.69, 9.17) is 0 Å². The zero-order chi connectivity index (χ0) is 29.6. The van der Waals surface area contributed by atoms with Crippen molar-refractivity contribution in [1.82, 2.24) is 30.5 Å². The quantitative estimate of drug-likeness (QED) is 0.545. The maximum absolute atomic E-state index is 14.1. The number of likely N-dealkylation sites (tertiary alicyclic amines) is 1. The fraction of sp³-hybridized carbons (Fsp3) is 0.690. The summed E-state index contributed by atoms with van der Waals surface area (Å²) in [5.41, 5.74) is 6.45. The molecule has 13 heteroatoms. The van der Waals surface area contributed by atoms with Crippen LogP contribution in [0.5, 0.6) is 0 Å². The Hall–Kier alpha value is -2.90. The number of hydrazine groups is 1. The molecule has 0 radical (unpaired) electrons. The molecule has 1 saturated carbocycles. The van der Waals surface area contributed by atoms with Crippen LogP contribution in [0.3, 0.4) is 0 Å². The molecule has 0 aromatic heterocycles. The van der Waals surface area contributed by atoms with Gasteiger partial charge in [0, 0.05) is 56.9 Å². The number of fused-ring (bicyclic) bond motifs is 1. The average Bonchev–Trinajstić information content (AvgIpc) is 3.56. The largest absolute Gasteiger partial charge is 0.405 e. The van der Waals surface area contributed by atoms with Gasteiger partial charge in [0.05, 0.1) is 6.67 Å². The van der Waals surface area contributed by atoms with Crippen LogP contribution in [0.25, 0.3) is 0 Å². The molecule has 1 aliphatic carbocycles. The Kier molecular flexibility index (Phi) is 7.86. The van der Waals surface area contributed by atoms with Gasteiger partial charge in [-0.3, -0.25) is 30.1 Å². The Labute approximate surface area is 244 Å². The zero-order valence-electron chi connectivity index (χ0n) is 24.0. The summed E-state index contributed by atoms with van der Waals surface area (Å²) in [6.45, 7) is 1.52. The van der Waals surface area contributed by atoms with Crippen molar-refractivity contribution >= 4 is 23.4 Å². The molecule has 0 bridgehead atoms. The lowest BCUT2D eigenvalue weighted by Gasteiger charge is -2.44. The number of nitrogens with one attached hydrogen (secondary N) is 2. The van der Waals surface area contributed by atoms with Gasteiger partial charge < -0.3 is 19.6 Å². The first-order valence-corrected chi connectivity index (χ1v) is 15.0. The van der Waals surface area contributed by atoms with Crippen LogP contribution in [0.15, 0.2) is 30.3 Å². The molecule has 4 heterocycles. The Morgan fingerprint density at radius 1 is 1.02 bits per heavy atom. The number of para-hydroxylation sites is 1. The Morgan fingerprint density at radius 2 is 1.76 bits per heavy atom. The van der Waals surface area contributed by atoms with E-state index in [1.54, 1.807) is 0 Å². The van der Waals surface area contributed by atoms with E-state index in [1.165, 1.54) is 21.7 Å². The molecule has 3 amide bonds. The van der Waals surface area contributed by atoms with Crippen molar-refractivity contribution < 1.29 is 27.6 Å². The average molecular weight is 592 g/mol. The predicted molar refractivity (Wildman–Crippen MR) is 149 cm³/mol. The van der Waals surface area contributed by atoms with E-state index in [-0.39, 0.29) is 44.0 Å². The maximum atomic E-state index is 14.1. The van der Waals surface area contributed by atoms with Gasteiger partial charge in [0.1, 0.15) is 18.1 Å². The van der Waals surface area contributed by atoms with Crippen LogP contribution in [0.4, 0.5) is 18.9 Å². The number of likely N-dealkylation sites (N-methyl/N-ethyl adjacent to an activating group) is 1. The van der Waals surface area contributed by atoms with Crippen LogP contribution in [0.2, 0.25) is 0 Å².